The fourth-order valence-electron chi connectivity index (χ4n) is 2.63. The molecule has 0 spiro atoms. The molecule has 0 saturated heterocycles. The molecule has 4 heteroatoms. The third-order valence-corrected chi connectivity index (χ3v) is 4.16. The predicted molar refractivity (Wildman–Crippen MR) is 95.7 cm³/mol. The van der Waals surface area contributed by atoms with Crippen LogP contribution in [0.3, 0.4) is 0 Å². The lowest BCUT2D eigenvalue weighted by Gasteiger charge is -2.18. The molecule has 1 amide bonds. The van der Waals surface area contributed by atoms with Crippen LogP contribution >= 0.6 is 0 Å². The van der Waals surface area contributed by atoms with Crippen LogP contribution in [0.4, 0.5) is 0 Å². The van der Waals surface area contributed by atoms with Gasteiger partial charge in [0.05, 0.1) is 13.2 Å². The Morgan fingerprint density at radius 3 is 2.21 bits per heavy atom. The summed E-state index contributed by atoms with van der Waals surface area (Å²) < 4.78 is 10.6. The van der Waals surface area contributed by atoms with E-state index in [2.05, 4.69) is 38.2 Å². The van der Waals surface area contributed by atoms with E-state index in [0.29, 0.717) is 5.75 Å². The molecule has 2 aromatic rings. The van der Waals surface area contributed by atoms with Gasteiger partial charge in [-0.05, 0) is 74.2 Å². The van der Waals surface area contributed by atoms with Crippen LogP contribution < -0.4 is 14.8 Å². The summed E-state index contributed by atoms with van der Waals surface area (Å²) in [5.41, 5.74) is 4.81. The molecule has 1 N–H and O–H groups in total. The van der Waals surface area contributed by atoms with E-state index in [4.69, 9.17) is 9.47 Å². The number of benzene rings is 2. The highest BCUT2D eigenvalue weighted by Crippen LogP contribution is 2.22. The molecule has 0 aliphatic carbocycles. The number of methoxy groups -OCH3 is 1. The van der Waals surface area contributed by atoms with E-state index in [0.717, 1.165) is 11.3 Å². The Bertz CT molecular complexity index is 708. The fraction of sp³-hybridized carbons (Fsp3) is 0.350. The molecule has 0 aromatic heterocycles. The summed E-state index contributed by atoms with van der Waals surface area (Å²) >= 11 is 0. The van der Waals surface area contributed by atoms with Gasteiger partial charge in [0, 0.05) is 0 Å². The van der Waals surface area contributed by atoms with Crippen molar-refractivity contribution in [3.05, 3.63) is 58.7 Å². The summed E-state index contributed by atoms with van der Waals surface area (Å²) in [4.78, 5) is 12.1. The van der Waals surface area contributed by atoms with Crippen molar-refractivity contribution in [2.75, 3.05) is 13.7 Å². The Morgan fingerprint density at radius 2 is 1.58 bits per heavy atom. The summed E-state index contributed by atoms with van der Waals surface area (Å²) in [6.07, 6.45) is 0. The largest absolute Gasteiger partial charge is 0.497 e. The number of amides is 1. The zero-order valence-corrected chi connectivity index (χ0v) is 15.0. The maximum atomic E-state index is 12.1. The minimum Gasteiger partial charge on any atom is -0.497 e. The van der Waals surface area contributed by atoms with Gasteiger partial charge in [-0.1, -0.05) is 12.1 Å². The number of hydrogen-bond donors (Lipinski definition) is 1. The Kier molecular flexibility index (Phi) is 5.85. The second-order valence-electron chi connectivity index (χ2n) is 6.05. The molecule has 0 radical (unpaired) electrons. The normalized spacial score (nSPS) is 11.7. The summed E-state index contributed by atoms with van der Waals surface area (Å²) in [5, 5.41) is 2.99. The summed E-state index contributed by atoms with van der Waals surface area (Å²) in [6.45, 7) is 8.22. The van der Waals surface area contributed by atoms with Gasteiger partial charge in [0.15, 0.2) is 6.61 Å². The molecule has 0 unspecified atom stereocenters. The first-order valence-electron chi connectivity index (χ1n) is 8.04. The number of ether oxygens (including phenoxy) is 2. The predicted octanol–water partition coefficient (Wildman–Crippen LogP) is 3.88. The van der Waals surface area contributed by atoms with Crippen LogP contribution in [0.1, 0.15) is 35.2 Å². The number of aryl methyl sites for hydroxylation is 3. The van der Waals surface area contributed by atoms with Crippen LogP contribution in [0.15, 0.2) is 36.4 Å². The van der Waals surface area contributed by atoms with Crippen molar-refractivity contribution >= 4 is 5.91 Å². The van der Waals surface area contributed by atoms with Crippen LogP contribution in [0.25, 0.3) is 0 Å². The van der Waals surface area contributed by atoms with Crippen molar-refractivity contribution in [1.29, 1.82) is 0 Å². The van der Waals surface area contributed by atoms with Crippen molar-refractivity contribution in [2.45, 2.75) is 33.7 Å². The maximum absolute atomic E-state index is 12.1. The molecule has 128 valence electrons. The van der Waals surface area contributed by atoms with Gasteiger partial charge in [-0.2, -0.15) is 0 Å². The van der Waals surface area contributed by atoms with Gasteiger partial charge >= 0.3 is 0 Å². The van der Waals surface area contributed by atoms with E-state index < -0.39 is 0 Å². The zero-order valence-electron chi connectivity index (χ0n) is 15.0. The van der Waals surface area contributed by atoms with Crippen molar-refractivity contribution in [1.82, 2.24) is 5.32 Å². The van der Waals surface area contributed by atoms with Gasteiger partial charge in [-0.15, -0.1) is 0 Å². The number of carbonyl (C=O) groups excluding carboxylic acids is 1. The van der Waals surface area contributed by atoms with Crippen LogP contribution in [-0.2, 0) is 4.79 Å². The van der Waals surface area contributed by atoms with Gasteiger partial charge in [0.25, 0.3) is 5.91 Å². The van der Waals surface area contributed by atoms with Gasteiger partial charge in [0.2, 0.25) is 0 Å². The van der Waals surface area contributed by atoms with Gasteiger partial charge in [0.1, 0.15) is 11.5 Å². The molecule has 0 aliphatic rings. The summed E-state index contributed by atoms with van der Waals surface area (Å²) in [5.74, 6) is 1.25. The maximum Gasteiger partial charge on any atom is 0.258 e. The van der Waals surface area contributed by atoms with Crippen LogP contribution in [0.5, 0.6) is 11.5 Å². The third-order valence-electron chi connectivity index (χ3n) is 4.16. The van der Waals surface area contributed by atoms with E-state index in [9.17, 15) is 4.79 Å². The lowest BCUT2D eigenvalue weighted by atomic mass is 9.96. The number of rotatable bonds is 6. The Hall–Kier alpha value is -2.49. The van der Waals surface area contributed by atoms with Gasteiger partial charge in [-0.3, -0.25) is 4.79 Å². The molecule has 24 heavy (non-hydrogen) atoms. The Morgan fingerprint density at radius 1 is 1.00 bits per heavy atom. The highest BCUT2D eigenvalue weighted by atomic mass is 16.5. The quantitative estimate of drug-likeness (QED) is 0.876. The fourth-order valence-corrected chi connectivity index (χ4v) is 2.63. The van der Waals surface area contributed by atoms with Crippen molar-refractivity contribution in [3.63, 3.8) is 0 Å². The molecule has 1 atom stereocenters. The standard InChI is InChI=1S/C20H25NO3/c1-13-10-15(3)19(11-14(13)2)16(4)21-20(22)12-24-18-8-6-17(23-5)7-9-18/h6-11,16H,12H2,1-5H3,(H,21,22)/t16-/m1/s1. The topological polar surface area (TPSA) is 47.6 Å². The summed E-state index contributed by atoms with van der Waals surface area (Å²) in [7, 11) is 1.61. The summed E-state index contributed by atoms with van der Waals surface area (Å²) in [6, 6.07) is 11.4. The molecule has 0 bridgehead atoms. The third kappa shape index (κ3) is 4.51. The molecule has 0 heterocycles. The highest BCUT2D eigenvalue weighted by molar-refractivity contribution is 5.78. The molecular weight excluding hydrogens is 302 g/mol. The zero-order chi connectivity index (χ0) is 17.7. The first-order valence-corrected chi connectivity index (χ1v) is 8.04. The van der Waals surface area contributed by atoms with E-state index >= 15 is 0 Å². The van der Waals surface area contributed by atoms with E-state index in [1.54, 1.807) is 31.4 Å². The molecule has 2 rings (SSSR count). The lowest BCUT2D eigenvalue weighted by Crippen LogP contribution is -2.31. The minimum atomic E-state index is -0.143. The van der Waals surface area contributed by atoms with E-state index in [-0.39, 0.29) is 18.6 Å². The van der Waals surface area contributed by atoms with Crippen molar-refractivity contribution in [2.24, 2.45) is 0 Å². The second kappa shape index (κ2) is 7.86. The molecule has 0 aliphatic heterocycles. The SMILES string of the molecule is COc1ccc(OCC(=O)N[C@H](C)c2cc(C)c(C)cc2C)cc1. The van der Waals surface area contributed by atoms with Crippen LogP contribution in [0, 0.1) is 20.8 Å². The van der Waals surface area contributed by atoms with Crippen LogP contribution in [-0.4, -0.2) is 19.6 Å². The average Bonchev–Trinajstić information content (AvgIpc) is 2.56. The van der Waals surface area contributed by atoms with Crippen molar-refractivity contribution < 1.29 is 14.3 Å². The molecule has 0 saturated carbocycles. The molecule has 0 fully saturated rings. The molecule has 2 aromatic carbocycles. The molecular formula is C20H25NO3. The first-order chi connectivity index (χ1) is 11.4. The highest BCUT2D eigenvalue weighted by Gasteiger charge is 2.13. The van der Waals surface area contributed by atoms with Gasteiger partial charge in [-0.25, -0.2) is 0 Å². The van der Waals surface area contributed by atoms with Gasteiger partial charge < -0.3 is 14.8 Å². The van der Waals surface area contributed by atoms with Crippen LogP contribution in [0.2, 0.25) is 0 Å². The number of hydrogen-bond acceptors (Lipinski definition) is 3. The Balaban J connectivity index is 1.92. The monoisotopic (exact) mass is 327 g/mol. The number of carbonyl (C=O) groups is 1. The lowest BCUT2D eigenvalue weighted by molar-refractivity contribution is -0.123. The smallest absolute Gasteiger partial charge is 0.258 e. The average molecular weight is 327 g/mol. The van der Waals surface area contributed by atoms with E-state index in [1.165, 1.54) is 16.7 Å². The minimum absolute atomic E-state index is 0.0133. The van der Waals surface area contributed by atoms with Crippen molar-refractivity contribution in [3.8, 4) is 11.5 Å². The van der Waals surface area contributed by atoms with E-state index in [1.807, 2.05) is 6.92 Å². The second-order valence-corrected chi connectivity index (χ2v) is 6.05. The molecule has 4 nitrogen and oxygen atoms in total. The number of nitrogens with one attached hydrogen (secondary N) is 1. The first kappa shape index (κ1) is 17.9. The Labute approximate surface area is 143 Å².